The summed E-state index contributed by atoms with van der Waals surface area (Å²) in [7, 11) is 0. The average Bonchev–Trinajstić information content (AvgIpc) is 2.42. The van der Waals surface area contributed by atoms with E-state index in [1.165, 1.54) is 25.7 Å². The molecule has 0 atom stereocenters. The Kier molecular flexibility index (Phi) is 5.54. The van der Waals surface area contributed by atoms with Crippen molar-refractivity contribution in [1.82, 2.24) is 5.32 Å². The third-order valence-corrected chi connectivity index (χ3v) is 4.87. The molecule has 0 amide bonds. The van der Waals surface area contributed by atoms with Crippen molar-refractivity contribution in [3.63, 3.8) is 0 Å². The summed E-state index contributed by atoms with van der Waals surface area (Å²) in [5.74, 6) is 1.66. The lowest BCUT2D eigenvalue weighted by atomic mass is 9.83. The van der Waals surface area contributed by atoms with Gasteiger partial charge >= 0.3 is 0 Å². The molecule has 0 radical (unpaired) electrons. The van der Waals surface area contributed by atoms with Gasteiger partial charge in [-0.2, -0.15) is 0 Å². The Morgan fingerprint density at radius 3 is 2.65 bits per heavy atom. The Balaban J connectivity index is 1.81. The minimum absolute atomic E-state index is 0.127. The zero-order chi connectivity index (χ0) is 14.5. The summed E-state index contributed by atoms with van der Waals surface area (Å²) in [5.41, 5.74) is 1.20. The summed E-state index contributed by atoms with van der Waals surface area (Å²) in [6.45, 7) is 4.12. The molecule has 1 fully saturated rings. The smallest absolute Gasteiger partial charge is 0.270 e. The zero-order valence-corrected chi connectivity index (χ0v) is 13.4. The van der Waals surface area contributed by atoms with E-state index in [9.17, 15) is 10.1 Å². The standard InChI is InChI=1S/C15H21BrN2O2/c1-11-2-4-12(5-3-11)9-17-10-13-6-7-14(18(19)20)8-15(13)16/h6-8,11-12,17H,2-5,9-10H2,1H3. The molecule has 1 aliphatic carbocycles. The van der Waals surface area contributed by atoms with Crippen LogP contribution in [0.1, 0.15) is 38.2 Å². The highest BCUT2D eigenvalue weighted by molar-refractivity contribution is 9.10. The Bertz CT molecular complexity index is 471. The van der Waals surface area contributed by atoms with E-state index in [1.54, 1.807) is 12.1 Å². The number of rotatable bonds is 5. The van der Waals surface area contributed by atoms with Crippen molar-refractivity contribution < 1.29 is 4.92 Å². The predicted octanol–water partition coefficient (Wildman–Crippen LogP) is 4.27. The summed E-state index contributed by atoms with van der Waals surface area (Å²) < 4.78 is 0.802. The fraction of sp³-hybridized carbons (Fsp3) is 0.600. The number of benzene rings is 1. The molecule has 1 aliphatic rings. The first-order valence-corrected chi connectivity index (χ1v) is 7.99. The van der Waals surface area contributed by atoms with E-state index in [2.05, 4.69) is 28.2 Å². The molecule has 1 N–H and O–H groups in total. The van der Waals surface area contributed by atoms with Crippen molar-refractivity contribution in [3.05, 3.63) is 38.3 Å². The quantitative estimate of drug-likeness (QED) is 0.643. The number of hydrogen-bond acceptors (Lipinski definition) is 3. The van der Waals surface area contributed by atoms with Gasteiger partial charge in [-0.1, -0.05) is 35.7 Å². The number of nitro groups is 1. The van der Waals surface area contributed by atoms with Gasteiger partial charge in [0.05, 0.1) is 4.92 Å². The molecule has 0 spiro atoms. The molecule has 0 heterocycles. The van der Waals surface area contributed by atoms with Crippen LogP contribution in [0.4, 0.5) is 5.69 Å². The second-order valence-electron chi connectivity index (χ2n) is 5.79. The molecule has 5 heteroatoms. The molecular formula is C15H21BrN2O2. The molecular weight excluding hydrogens is 320 g/mol. The van der Waals surface area contributed by atoms with Crippen LogP contribution in [0.15, 0.2) is 22.7 Å². The molecule has 1 saturated carbocycles. The highest BCUT2D eigenvalue weighted by Gasteiger charge is 2.17. The van der Waals surface area contributed by atoms with Crippen molar-refractivity contribution in [2.75, 3.05) is 6.54 Å². The molecule has 1 aromatic carbocycles. The van der Waals surface area contributed by atoms with Crippen LogP contribution >= 0.6 is 15.9 Å². The molecule has 1 aromatic rings. The highest BCUT2D eigenvalue weighted by Crippen LogP contribution is 2.28. The van der Waals surface area contributed by atoms with Gasteiger partial charge in [-0.05, 0) is 42.9 Å². The Morgan fingerprint density at radius 1 is 1.35 bits per heavy atom. The molecule has 20 heavy (non-hydrogen) atoms. The summed E-state index contributed by atoms with van der Waals surface area (Å²) in [6.07, 6.45) is 5.31. The van der Waals surface area contributed by atoms with E-state index in [0.29, 0.717) is 0 Å². The third-order valence-electron chi connectivity index (χ3n) is 4.13. The molecule has 0 saturated heterocycles. The lowest BCUT2D eigenvalue weighted by molar-refractivity contribution is -0.384. The van der Waals surface area contributed by atoms with Gasteiger partial charge in [-0.25, -0.2) is 0 Å². The van der Waals surface area contributed by atoms with E-state index in [4.69, 9.17) is 0 Å². The number of hydrogen-bond donors (Lipinski definition) is 1. The summed E-state index contributed by atoms with van der Waals surface area (Å²) in [4.78, 5) is 10.3. The molecule has 4 nitrogen and oxygen atoms in total. The third kappa shape index (κ3) is 4.28. The van der Waals surface area contributed by atoms with Gasteiger partial charge in [-0.15, -0.1) is 0 Å². The van der Waals surface area contributed by atoms with Crippen LogP contribution in [0.25, 0.3) is 0 Å². The second-order valence-corrected chi connectivity index (χ2v) is 6.64. The first-order chi connectivity index (χ1) is 9.56. The summed E-state index contributed by atoms with van der Waals surface area (Å²) in [6, 6.07) is 4.95. The van der Waals surface area contributed by atoms with Crippen LogP contribution in [-0.4, -0.2) is 11.5 Å². The minimum Gasteiger partial charge on any atom is -0.312 e. The number of halogens is 1. The average molecular weight is 341 g/mol. The SMILES string of the molecule is CC1CCC(CNCc2ccc([N+](=O)[O-])cc2Br)CC1. The Hall–Kier alpha value is -0.940. The maximum absolute atomic E-state index is 10.7. The first kappa shape index (κ1) is 15.4. The fourth-order valence-electron chi connectivity index (χ4n) is 2.74. The van der Waals surface area contributed by atoms with Crippen LogP contribution in [-0.2, 0) is 6.54 Å². The van der Waals surface area contributed by atoms with Crippen LogP contribution in [0.5, 0.6) is 0 Å². The molecule has 110 valence electrons. The largest absolute Gasteiger partial charge is 0.312 e. The minimum atomic E-state index is -0.370. The maximum Gasteiger partial charge on any atom is 0.270 e. The van der Waals surface area contributed by atoms with E-state index in [0.717, 1.165) is 35.0 Å². The summed E-state index contributed by atoms with van der Waals surface area (Å²) >= 11 is 3.41. The van der Waals surface area contributed by atoms with Crippen molar-refractivity contribution in [2.24, 2.45) is 11.8 Å². The van der Waals surface area contributed by atoms with Gasteiger partial charge < -0.3 is 5.32 Å². The van der Waals surface area contributed by atoms with Gasteiger partial charge in [0.2, 0.25) is 0 Å². The lowest BCUT2D eigenvalue weighted by Gasteiger charge is -2.26. The van der Waals surface area contributed by atoms with Crippen molar-refractivity contribution in [2.45, 2.75) is 39.2 Å². The van der Waals surface area contributed by atoms with Crippen molar-refractivity contribution in [3.8, 4) is 0 Å². The monoisotopic (exact) mass is 340 g/mol. The van der Waals surface area contributed by atoms with Crippen LogP contribution in [0.3, 0.4) is 0 Å². The van der Waals surface area contributed by atoms with E-state index in [-0.39, 0.29) is 10.6 Å². The van der Waals surface area contributed by atoms with Crippen LogP contribution in [0, 0.1) is 22.0 Å². The highest BCUT2D eigenvalue weighted by atomic mass is 79.9. The maximum atomic E-state index is 10.7. The first-order valence-electron chi connectivity index (χ1n) is 7.20. The number of nitro benzene ring substituents is 1. The van der Waals surface area contributed by atoms with Crippen LogP contribution in [0.2, 0.25) is 0 Å². The van der Waals surface area contributed by atoms with E-state index >= 15 is 0 Å². The zero-order valence-electron chi connectivity index (χ0n) is 11.8. The topological polar surface area (TPSA) is 55.2 Å². The normalized spacial score (nSPS) is 22.7. The van der Waals surface area contributed by atoms with Gasteiger partial charge in [0, 0.05) is 23.2 Å². The fourth-order valence-corrected chi connectivity index (χ4v) is 3.24. The van der Waals surface area contributed by atoms with Crippen molar-refractivity contribution >= 4 is 21.6 Å². The summed E-state index contributed by atoms with van der Waals surface area (Å²) in [5, 5.41) is 14.2. The Labute approximate surface area is 128 Å². The molecule has 0 bridgehead atoms. The molecule has 0 aromatic heterocycles. The van der Waals surface area contributed by atoms with E-state index in [1.807, 2.05) is 6.07 Å². The number of non-ortho nitro benzene ring substituents is 1. The van der Waals surface area contributed by atoms with Gasteiger partial charge in [-0.3, -0.25) is 10.1 Å². The van der Waals surface area contributed by atoms with Gasteiger partial charge in [0.15, 0.2) is 0 Å². The van der Waals surface area contributed by atoms with Gasteiger partial charge in [0.1, 0.15) is 0 Å². The van der Waals surface area contributed by atoms with Crippen molar-refractivity contribution in [1.29, 1.82) is 0 Å². The molecule has 2 rings (SSSR count). The second kappa shape index (κ2) is 7.18. The number of nitrogens with zero attached hydrogens (tertiary/aromatic N) is 1. The molecule has 0 unspecified atom stereocenters. The lowest BCUT2D eigenvalue weighted by Crippen LogP contribution is -2.25. The van der Waals surface area contributed by atoms with E-state index < -0.39 is 0 Å². The van der Waals surface area contributed by atoms with Gasteiger partial charge in [0.25, 0.3) is 5.69 Å². The molecule has 0 aliphatic heterocycles. The van der Waals surface area contributed by atoms with Crippen LogP contribution < -0.4 is 5.32 Å². The predicted molar refractivity (Wildman–Crippen MR) is 83.6 cm³/mol. The number of nitrogens with one attached hydrogen (secondary N) is 1. The Morgan fingerprint density at radius 2 is 2.05 bits per heavy atom.